The van der Waals surface area contributed by atoms with Crippen LogP contribution in [0.15, 0.2) is 0 Å². The van der Waals surface area contributed by atoms with E-state index in [9.17, 15) is 0 Å². The second-order valence-corrected chi connectivity index (χ2v) is 3.66. The second-order valence-electron chi connectivity index (χ2n) is 3.66. The maximum atomic E-state index is 7.75. The zero-order valence-corrected chi connectivity index (χ0v) is 13.1. The zero-order chi connectivity index (χ0) is 13.3. The maximum absolute atomic E-state index is 7.75. The van der Waals surface area contributed by atoms with Crippen LogP contribution in [0.1, 0.15) is 40.5 Å². The zero-order valence-electron chi connectivity index (χ0n) is 11.4. The van der Waals surface area contributed by atoms with E-state index >= 15 is 0 Å². The standard InChI is InChI=1S/C6H15N.C4H9.2CHO.Ru/c1-4-5-6-7(2)3;1-4(2)3;2*1-2;/h4-6H2,1-3H3;1-3H3;2*1H;/q;3*-1;+4. The minimum Gasteiger partial charge on any atom is -0.545 e. The maximum Gasteiger partial charge on any atom is 4.00 e. The van der Waals surface area contributed by atoms with E-state index in [1.165, 1.54) is 25.3 Å². The SMILES string of the molecule is CCCCN(C)C.C[C-](C)C.[CH-]=O.[CH-]=O.[Ru+4]. The van der Waals surface area contributed by atoms with Crippen LogP contribution in [-0.2, 0) is 29.1 Å². The quantitative estimate of drug-likeness (QED) is 0.456. The molecule has 0 amide bonds. The summed E-state index contributed by atoms with van der Waals surface area (Å²) in [5.41, 5.74) is 0. The molecule has 0 rings (SSSR count). The van der Waals surface area contributed by atoms with Crippen molar-refractivity contribution in [3.05, 3.63) is 5.92 Å². The smallest absolute Gasteiger partial charge is 0.545 e. The van der Waals surface area contributed by atoms with E-state index in [1.807, 2.05) is 0 Å². The van der Waals surface area contributed by atoms with Gasteiger partial charge in [-0.15, -0.1) is 0 Å². The van der Waals surface area contributed by atoms with Gasteiger partial charge in [0.05, 0.1) is 0 Å². The van der Waals surface area contributed by atoms with Crippen LogP contribution in [0.5, 0.6) is 0 Å². The Labute approximate surface area is 115 Å². The number of rotatable bonds is 3. The van der Waals surface area contributed by atoms with Crippen molar-refractivity contribution >= 4 is 13.6 Å². The predicted molar refractivity (Wildman–Crippen MR) is 67.2 cm³/mol. The van der Waals surface area contributed by atoms with Crippen molar-refractivity contribution in [1.82, 2.24) is 4.90 Å². The van der Waals surface area contributed by atoms with Crippen molar-refractivity contribution in [2.45, 2.75) is 40.5 Å². The van der Waals surface area contributed by atoms with Gasteiger partial charge in [-0.05, 0) is 27.1 Å². The van der Waals surface area contributed by atoms with E-state index in [0.29, 0.717) is 0 Å². The monoisotopic (exact) mass is 318 g/mol. The number of carbonyl (C=O) groups excluding carboxylic acids is 2. The number of unbranched alkanes of at least 4 members (excludes halogenated alkanes) is 1. The van der Waals surface area contributed by atoms with Gasteiger partial charge in [-0.1, -0.05) is 13.3 Å². The molecule has 0 radical (unpaired) electrons. The van der Waals surface area contributed by atoms with E-state index in [2.05, 4.69) is 60.3 Å². The number of hydrogen-bond acceptors (Lipinski definition) is 3. The minimum atomic E-state index is 0. The summed E-state index contributed by atoms with van der Waals surface area (Å²) in [6, 6.07) is 0. The largest absolute Gasteiger partial charge is 4.00 e. The Morgan fingerprint density at radius 1 is 1.00 bits per heavy atom. The van der Waals surface area contributed by atoms with Crippen LogP contribution in [0.2, 0.25) is 0 Å². The Hall–Kier alpha value is -0.0766. The Kier molecular flexibility index (Phi) is 67.5. The Balaban J connectivity index is -0.0000000388. The molecule has 4 heteroatoms. The molecule has 0 fully saturated rings. The Morgan fingerprint density at radius 2 is 1.25 bits per heavy atom. The molecule has 0 aliphatic heterocycles. The van der Waals surface area contributed by atoms with E-state index in [-0.39, 0.29) is 19.5 Å². The van der Waals surface area contributed by atoms with Crippen molar-refractivity contribution in [1.29, 1.82) is 0 Å². The molecule has 0 aromatic rings. The molecule has 0 aliphatic rings. The minimum absolute atomic E-state index is 0. The summed E-state index contributed by atoms with van der Waals surface area (Å²) in [6.45, 7) is 16.2. The molecule has 0 saturated heterocycles. The van der Waals surface area contributed by atoms with E-state index < -0.39 is 0 Å². The summed E-state index contributed by atoms with van der Waals surface area (Å²) in [5, 5.41) is 0. The summed E-state index contributed by atoms with van der Waals surface area (Å²) >= 11 is 0. The normalized spacial score (nSPS) is 7.25. The average molecular weight is 317 g/mol. The van der Waals surface area contributed by atoms with E-state index in [0.717, 1.165) is 0 Å². The van der Waals surface area contributed by atoms with Gasteiger partial charge in [0.2, 0.25) is 0 Å². The Bertz CT molecular complexity index is 86.3. The first-order chi connectivity index (χ1) is 7.00. The van der Waals surface area contributed by atoms with Gasteiger partial charge >= 0.3 is 19.5 Å². The van der Waals surface area contributed by atoms with Crippen LogP contribution < -0.4 is 0 Å². The molecule has 0 aromatic heterocycles. The van der Waals surface area contributed by atoms with Gasteiger partial charge in [0.1, 0.15) is 0 Å². The van der Waals surface area contributed by atoms with Gasteiger partial charge in [0, 0.05) is 0 Å². The fourth-order valence-corrected chi connectivity index (χ4v) is 0.474. The number of hydrogen-bond donors (Lipinski definition) is 0. The van der Waals surface area contributed by atoms with Gasteiger partial charge < -0.3 is 20.4 Å². The number of nitrogens with zero attached hydrogens (tertiary/aromatic N) is 1. The van der Waals surface area contributed by atoms with Gasteiger partial charge in [0.25, 0.3) is 0 Å². The van der Waals surface area contributed by atoms with Crippen molar-refractivity contribution in [2.24, 2.45) is 0 Å². The molecular weight excluding hydrogens is 291 g/mol. The van der Waals surface area contributed by atoms with Crippen LogP contribution in [0.25, 0.3) is 0 Å². The molecule has 0 aliphatic carbocycles. The first-order valence-corrected chi connectivity index (χ1v) is 4.89. The summed E-state index contributed by atoms with van der Waals surface area (Å²) in [5.74, 6) is 1.42. The fraction of sp³-hybridized carbons (Fsp3) is 0.750. The van der Waals surface area contributed by atoms with Crippen molar-refractivity contribution in [3.8, 4) is 0 Å². The molecule has 0 heterocycles. The summed E-state index contributed by atoms with van der Waals surface area (Å²) in [7, 11) is 4.21. The molecule has 0 N–H and O–H groups in total. The second kappa shape index (κ2) is 36.3. The molecule has 0 atom stereocenters. The summed E-state index contributed by atoms with van der Waals surface area (Å²) < 4.78 is 0. The molecule has 16 heavy (non-hydrogen) atoms. The van der Waals surface area contributed by atoms with Gasteiger partial charge in [-0.2, -0.15) is 20.8 Å². The molecule has 3 nitrogen and oxygen atoms in total. The molecule has 98 valence electrons. The molecule has 0 spiro atoms. The average Bonchev–Trinajstić information content (AvgIpc) is 2.20. The van der Waals surface area contributed by atoms with Crippen LogP contribution in [0.4, 0.5) is 0 Å². The summed E-state index contributed by atoms with van der Waals surface area (Å²) in [4.78, 5) is 17.7. The van der Waals surface area contributed by atoms with Gasteiger partial charge in [0.15, 0.2) is 0 Å². The fourth-order valence-electron chi connectivity index (χ4n) is 0.474. The van der Waals surface area contributed by atoms with Crippen LogP contribution in [0, 0.1) is 5.92 Å². The van der Waals surface area contributed by atoms with Crippen molar-refractivity contribution in [2.75, 3.05) is 20.6 Å². The van der Waals surface area contributed by atoms with Crippen LogP contribution in [0.3, 0.4) is 0 Å². The molecule has 0 saturated carbocycles. The van der Waals surface area contributed by atoms with Gasteiger partial charge in [-0.25, -0.2) is 0 Å². The molecule has 0 bridgehead atoms. The van der Waals surface area contributed by atoms with E-state index in [4.69, 9.17) is 9.59 Å². The van der Waals surface area contributed by atoms with Gasteiger partial charge in [-0.3, -0.25) is 13.6 Å². The van der Waals surface area contributed by atoms with Crippen LogP contribution >= 0.6 is 0 Å². The Morgan fingerprint density at radius 3 is 1.31 bits per heavy atom. The topological polar surface area (TPSA) is 37.4 Å². The third kappa shape index (κ3) is 151. The van der Waals surface area contributed by atoms with Crippen molar-refractivity contribution in [3.63, 3.8) is 0 Å². The first-order valence-electron chi connectivity index (χ1n) is 4.89. The molecule has 0 unspecified atom stereocenters. The molecular formula is C12H26NO2Ru+. The van der Waals surface area contributed by atoms with Crippen LogP contribution in [-0.4, -0.2) is 39.1 Å². The first kappa shape index (κ1) is 29.7. The third-order valence-corrected chi connectivity index (χ3v) is 0.959. The third-order valence-electron chi connectivity index (χ3n) is 0.959. The summed E-state index contributed by atoms with van der Waals surface area (Å²) in [6.07, 6.45) is 2.63. The molecule has 0 aromatic carbocycles. The van der Waals surface area contributed by atoms with E-state index in [1.54, 1.807) is 0 Å². The predicted octanol–water partition coefficient (Wildman–Crippen LogP) is 2.42. The van der Waals surface area contributed by atoms with Crippen molar-refractivity contribution < 1.29 is 29.1 Å².